The number of alkyl halides is 1. The first-order valence-electron chi connectivity index (χ1n) is 6.65. The van der Waals surface area contributed by atoms with Gasteiger partial charge in [0.25, 0.3) is 0 Å². The third-order valence-electron chi connectivity index (χ3n) is 3.31. The van der Waals surface area contributed by atoms with E-state index in [4.69, 9.17) is 16.3 Å². The number of rotatable bonds is 5. The molecule has 1 fully saturated rings. The first kappa shape index (κ1) is 13.5. The summed E-state index contributed by atoms with van der Waals surface area (Å²) in [4.78, 5) is 4.38. The molecule has 2 rings (SSSR count). The molecule has 18 heavy (non-hydrogen) atoms. The minimum atomic E-state index is 0.155. The van der Waals surface area contributed by atoms with Gasteiger partial charge in [0.15, 0.2) is 11.6 Å². The minimum absolute atomic E-state index is 0.155. The summed E-state index contributed by atoms with van der Waals surface area (Å²) in [5.74, 6) is 2.92. The number of ether oxygens (including phenoxy) is 1. The van der Waals surface area contributed by atoms with Gasteiger partial charge in [-0.2, -0.15) is 0 Å². The van der Waals surface area contributed by atoms with Crippen LogP contribution in [0.5, 0.6) is 5.75 Å². The number of nitrogens with zero attached hydrogens (tertiary/aromatic N) is 1. The molecular formula is C14H21ClN2O. The maximum absolute atomic E-state index is 6.00. The van der Waals surface area contributed by atoms with Crippen molar-refractivity contribution in [3.05, 3.63) is 18.3 Å². The molecule has 1 saturated carbocycles. The largest absolute Gasteiger partial charge is 0.487 e. The molecule has 0 bridgehead atoms. The van der Waals surface area contributed by atoms with Gasteiger partial charge < -0.3 is 10.1 Å². The van der Waals surface area contributed by atoms with Crippen LogP contribution >= 0.6 is 11.6 Å². The van der Waals surface area contributed by atoms with Gasteiger partial charge in [-0.1, -0.05) is 6.42 Å². The van der Waals surface area contributed by atoms with Crippen LogP contribution in [0.1, 0.15) is 33.1 Å². The van der Waals surface area contributed by atoms with Crippen LogP contribution < -0.4 is 10.1 Å². The summed E-state index contributed by atoms with van der Waals surface area (Å²) in [7, 11) is 0. The molecule has 4 heteroatoms. The summed E-state index contributed by atoms with van der Waals surface area (Å²) in [6.45, 7) is 4.04. The molecular weight excluding hydrogens is 248 g/mol. The number of hydrogen-bond acceptors (Lipinski definition) is 3. The fraction of sp³-hybridized carbons (Fsp3) is 0.643. The fourth-order valence-electron chi connectivity index (χ4n) is 2.44. The molecule has 1 aliphatic carbocycles. The van der Waals surface area contributed by atoms with E-state index >= 15 is 0 Å². The summed E-state index contributed by atoms with van der Waals surface area (Å²) >= 11 is 6.00. The smallest absolute Gasteiger partial charge is 0.168 e. The first-order chi connectivity index (χ1) is 8.70. The molecule has 100 valence electrons. The second-order valence-electron chi connectivity index (χ2n) is 5.11. The van der Waals surface area contributed by atoms with Gasteiger partial charge in [0.05, 0.1) is 6.10 Å². The Hall–Kier alpha value is -0.960. The summed E-state index contributed by atoms with van der Waals surface area (Å²) in [6, 6.07) is 4.28. The lowest BCUT2D eigenvalue weighted by atomic mass is 10.1. The van der Waals surface area contributed by atoms with E-state index in [2.05, 4.69) is 10.3 Å². The van der Waals surface area contributed by atoms with E-state index in [0.717, 1.165) is 18.0 Å². The molecule has 0 aliphatic heterocycles. The zero-order chi connectivity index (χ0) is 13.0. The summed E-state index contributed by atoms with van der Waals surface area (Å²) in [5.41, 5.74) is 0. The molecule has 0 spiro atoms. The topological polar surface area (TPSA) is 34.1 Å². The second kappa shape index (κ2) is 6.28. The van der Waals surface area contributed by atoms with Gasteiger partial charge in [0, 0.05) is 18.1 Å². The standard InChI is InChI=1S/C14H21ClN2O/c1-10(2)18-13-7-4-8-16-14(13)17-12-6-3-5-11(12)9-15/h4,7-8,10-12H,3,5-6,9H2,1-2H3,(H,16,17). The quantitative estimate of drug-likeness (QED) is 0.827. The SMILES string of the molecule is CC(C)Oc1cccnc1NC1CCCC1CCl. The van der Waals surface area contributed by atoms with Crippen molar-refractivity contribution in [1.29, 1.82) is 0 Å². The molecule has 2 unspecified atom stereocenters. The third-order valence-corrected chi connectivity index (χ3v) is 3.71. The summed E-state index contributed by atoms with van der Waals surface area (Å²) < 4.78 is 5.77. The zero-order valence-electron chi connectivity index (χ0n) is 11.0. The predicted octanol–water partition coefficient (Wildman–Crippen LogP) is 3.69. The van der Waals surface area contributed by atoms with Crippen molar-refractivity contribution in [2.24, 2.45) is 5.92 Å². The second-order valence-corrected chi connectivity index (χ2v) is 5.42. The molecule has 1 heterocycles. The Morgan fingerprint density at radius 3 is 3.06 bits per heavy atom. The Bertz CT molecular complexity index is 384. The molecule has 0 saturated heterocycles. The van der Waals surface area contributed by atoms with Crippen molar-refractivity contribution < 1.29 is 4.74 Å². The molecule has 0 amide bonds. The number of aromatic nitrogens is 1. The number of pyridine rings is 1. The first-order valence-corrected chi connectivity index (χ1v) is 7.18. The van der Waals surface area contributed by atoms with E-state index < -0.39 is 0 Å². The van der Waals surface area contributed by atoms with Gasteiger partial charge in [0.1, 0.15) is 0 Å². The zero-order valence-corrected chi connectivity index (χ0v) is 11.8. The maximum atomic E-state index is 6.00. The van der Waals surface area contributed by atoms with E-state index in [9.17, 15) is 0 Å². The highest BCUT2D eigenvalue weighted by atomic mass is 35.5. The van der Waals surface area contributed by atoms with E-state index in [0.29, 0.717) is 17.8 Å². The highest BCUT2D eigenvalue weighted by Crippen LogP contribution is 2.31. The lowest BCUT2D eigenvalue weighted by Gasteiger charge is -2.21. The van der Waals surface area contributed by atoms with Crippen LogP contribution in [-0.2, 0) is 0 Å². The van der Waals surface area contributed by atoms with Crippen LogP contribution in [-0.4, -0.2) is 23.0 Å². The molecule has 1 N–H and O–H groups in total. The van der Waals surface area contributed by atoms with Crippen molar-refractivity contribution >= 4 is 17.4 Å². The van der Waals surface area contributed by atoms with Crippen LogP contribution in [0.25, 0.3) is 0 Å². The van der Waals surface area contributed by atoms with Gasteiger partial charge in [0.2, 0.25) is 0 Å². The number of hydrogen-bond donors (Lipinski definition) is 1. The van der Waals surface area contributed by atoms with E-state index in [-0.39, 0.29) is 6.10 Å². The van der Waals surface area contributed by atoms with Gasteiger partial charge in [-0.3, -0.25) is 0 Å². The van der Waals surface area contributed by atoms with Crippen molar-refractivity contribution in [2.75, 3.05) is 11.2 Å². The fourth-order valence-corrected chi connectivity index (χ4v) is 2.80. The van der Waals surface area contributed by atoms with Crippen LogP contribution in [0.3, 0.4) is 0 Å². The molecule has 1 aliphatic rings. The van der Waals surface area contributed by atoms with Crippen molar-refractivity contribution in [1.82, 2.24) is 4.98 Å². The maximum Gasteiger partial charge on any atom is 0.168 e. The number of nitrogens with one attached hydrogen (secondary N) is 1. The highest BCUT2D eigenvalue weighted by Gasteiger charge is 2.27. The molecule has 1 aromatic rings. The van der Waals surface area contributed by atoms with Gasteiger partial charge >= 0.3 is 0 Å². The Kier molecular flexibility index (Phi) is 4.70. The average molecular weight is 269 g/mol. The van der Waals surface area contributed by atoms with Crippen LogP contribution in [0.4, 0.5) is 5.82 Å². The van der Waals surface area contributed by atoms with Gasteiger partial charge in [-0.05, 0) is 44.7 Å². The number of anilines is 1. The van der Waals surface area contributed by atoms with Gasteiger partial charge in [-0.15, -0.1) is 11.6 Å². The Morgan fingerprint density at radius 2 is 2.33 bits per heavy atom. The third kappa shape index (κ3) is 3.29. The molecule has 1 aromatic heterocycles. The monoisotopic (exact) mass is 268 g/mol. The van der Waals surface area contributed by atoms with Crippen LogP contribution in [0.2, 0.25) is 0 Å². The summed E-state index contributed by atoms with van der Waals surface area (Å²) in [6.07, 6.45) is 5.55. The lowest BCUT2D eigenvalue weighted by molar-refractivity contribution is 0.242. The highest BCUT2D eigenvalue weighted by molar-refractivity contribution is 6.18. The number of halogens is 1. The Balaban J connectivity index is 2.08. The van der Waals surface area contributed by atoms with Crippen LogP contribution in [0, 0.1) is 5.92 Å². The van der Waals surface area contributed by atoms with E-state index in [1.807, 2.05) is 26.0 Å². The van der Waals surface area contributed by atoms with Crippen molar-refractivity contribution in [3.63, 3.8) is 0 Å². The normalized spacial score (nSPS) is 23.3. The van der Waals surface area contributed by atoms with Gasteiger partial charge in [-0.25, -0.2) is 4.98 Å². The lowest BCUT2D eigenvalue weighted by Crippen LogP contribution is -2.26. The Labute approximate surface area is 114 Å². The van der Waals surface area contributed by atoms with E-state index in [1.54, 1.807) is 6.20 Å². The predicted molar refractivity (Wildman–Crippen MR) is 75.5 cm³/mol. The average Bonchev–Trinajstić information content (AvgIpc) is 2.78. The summed E-state index contributed by atoms with van der Waals surface area (Å²) in [5, 5.41) is 3.50. The van der Waals surface area contributed by atoms with Crippen LogP contribution in [0.15, 0.2) is 18.3 Å². The molecule has 0 radical (unpaired) electrons. The molecule has 3 nitrogen and oxygen atoms in total. The van der Waals surface area contributed by atoms with Crippen molar-refractivity contribution in [2.45, 2.75) is 45.3 Å². The van der Waals surface area contributed by atoms with E-state index in [1.165, 1.54) is 12.8 Å². The minimum Gasteiger partial charge on any atom is -0.487 e. The Morgan fingerprint density at radius 1 is 1.50 bits per heavy atom. The molecule has 0 aromatic carbocycles. The van der Waals surface area contributed by atoms with Crippen molar-refractivity contribution in [3.8, 4) is 5.75 Å². The molecule has 2 atom stereocenters.